The van der Waals surface area contributed by atoms with Gasteiger partial charge in [-0.15, -0.1) is 0 Å². The summed E-state index contributed by atoms with van der Waals surface area (Å²) in [5, 5.41) is 3.35. The lowest BCUT2D eigenvalue weighted by Crippen LogP contribution is -2.23. The molecule has 1 aliphatic heterocycles. The standard InChI is InChI=1S/C11H15N/c1-8(2)9-4-3-5-11-10(9)6-7-12-11/h3-4,6-8,11-12H,5H2,1-2H3. The van der Waals surface area contributed by atoms with Crippen molar-refractivity contribution in [1.82, 2.24) is 5.32 Å². The molecule has 2 aliphatic rings. The van der Waals surface area contributed by atoms with Crippen molar-refractivity contribution in [2.75, 3.05) is 0 Å². The van der Waals surface area contributed by atoms with Crippen LogP contribution in [0.1, 0.15) is 20.3 Å². The predicted molar refractivity (Wildman–Crippen MR) is 51.7 cm³/mol. The van der Waals surface area contributed by atoms with Crippen LogP contribution in [0.3, 0.4) is 0 Å². The average molecular weight is 161 g/mol. The molecule has 1 atom stereocenters. The molecule has 2 rings (SSSR count). The molecule has 1 N–H and O–H groups in total. The van der Waals surface area contributed by atoms with Crippen molar-refractivity contribution in [2.24, 2.45) is 5.92 Å². The number of fused-ring (bicyclic) bond motifs is 1. The normalized spacial score (nSPS) is 26.4. The van der Waals surface area contributed by atoms with Gasteiger partial charge in [0.15, 0.2) is 0 Å². The highest BCUT2D eigenvalue weighted by Crippen LogP contribution is 2.28. The van der Waals surface area contributed by atoms with Gasteiger partial charge in [-0.3, -0.25) is 0 Å². The zero-order valence-electron chi connectivity index (χ0n) is 7.67. The van der Waals surface area contributed by atoms with Gasteiger partial charge < -0.3 is 5.32 Å². The van der Waals surface area contributed by atoms with E-state index in [1.54, 1.807) is 0 Å². The van der Waals surface area contributed by atoms with Gasteiger partial charge in [-0.1, -0.05) is 26.0 Å². The van der Waals surface area contributed by atoms with E-state index in [1.807, 2.05) is 0 Å². The molecule has 1 heteroatoms. The molecule has 0 amide bonds. The van der Waals surface area contributed by atoms with Crippen LogP contribution in [0.5, 0.6) is 0 Å². The van der Waals surface area contributed by atoms with Gasteiger partial charge in [-0.25, -0.2) is 0 Å². The zero-order chi connectivity index (χ0) is 8.55. The molecule has 0 aromatic heterocycles. The molecule has 0 saturated heterocycles. The quantitative estimate of drug-likeness (QED) is 0.622. The number of nitrogens with one attached hydrogen (secondary N) is 1. The Morgan fingerprint density at radius 3 is 3.00 bits per heavy atom. The van der Waals surface area contributed by atoms with Crippen molar-refractivity contribution in [3.63, 3.8) is 0 Å². The van der Waals surface area contributed by atoms with Gasteiger partial charge >= 0.3 is 0 Å². The second kappa shape index (κ2) is 2.81. The summed E-state index contributed by atoms with van der Waals surface area (Å²) in [5.41, 5.74) is 2.99. The average Bonchev–Trinajstić information content (AvgIpc) is 2.49. The first-order valence-corrected chi connectivity index (χ1v) is 4.62. The van der Waals surface area contributed by atoms with Gasteiger partial charge in [0, 0.05) is 0 Å². The molecule has 1 aliphatic carbocycles. The van der Waals surface area contributed by atoms with Gasteiger partial charge in [0.05, 0.1) is 6.04 Å². The SMILES string of the molecule is CC(C)C1=C2C=CNC2CC=C1. The molecule has 0 bridgehead atoms. The van der Waals surface area contributed by atoms with Crippen LogP contribution in [0.25, 0.3) is 0 Å². The Labute approximate surface area is 73.9 Å². The highest BCUT2D eigenvalue weighted by Gasteiger charge is 2.21. The molecule has 0 radical (unpaired) electrons. The molecular formula is C11H15N. The van der Waals surface area contributed by atoms with Crippen LogP contribution in [-0.4, -0.2) is 6.04 Å². The predicted octanol–water partition coefficient (Wildman–Crippen LogP) is 2.38. The minimum atomic E-state index is 0.562. The second-order valence-electron chi connectivity index (χ2n) is 3.76. The second-order valence-corrected chi connectivity index (χ2v) is 3.76. The molecule has 64 valence electrons. The molecule has 1 heterocycles. The van der Waals surface area contributed by atoms with Crippen LogP contribution in [0.2, 0.25) is 0 Å². The summed E-state index contributed by atoms with van der Waals surface area (Å²) in [7, 11) is 0. The highest BCUT2D eigenvalue weighted by molar-refractivity contribution is 5.44. The number of hydrogen-bond acceptors (Lipinski definition) is 1. The van der Waals surface area contributed by atoms with Crippen LogP contribution in [0, 0.1) is 5.92 Å². The maximum atomic E-state index is 3.35. The zero-order valence-corrected chi connectivity index (χ0v) is 7.67. The van der Waals surface area contributed by atoms with Crippen LogP contribution >= 0.6 is 0 Å². The molecule has 0 aromatic rings. The van der Waals surface area contributed by atoms with Gasteiger partial charge in [0.2, 0.25) is 0 Å². The Bertz CT molecular complexity index is 269. The summed E-state index contributed by atoms with van der Waals surface area (Å²) >= 11 is 0. The molecule has 0 fully saturated rings. The lowest BCUT2D eigenvalue weighted by atomic mass is 9.88. The lowest BCUT2D eigenvalue weighted by Gasteiger charge is -2.21. The summed E-state index contributed by atoms with van der Waals surface area (Å²) in [4.78, 5) is 0. The lowest BCUT2D eigenvalue weighted by molar-refractivity contribution is 0.673. The maximum absolute atomic E-state index is 3.35. The van der Waals surface area contributed by atoms with Gasteiger partial charge in [-0.2, -0.15) is 0 Å². The monoisotopic (exact) mass is 161 g/mol. The van der Waals surface area contributed by atoms with E-state index in [0.717, 1.165) is 6.42 Å². The summed E-state index contributed by atoms with van der Waals surface area (Å²) in [6, 6.07) is 0.562. The van der Waals surface area contributed by atoms with Crippen LogP contribution in [-0.2, 0) is 0 Å². The fourth-order valence-corrected chi connectivity index (χ4v) is 1.91. The third-order valence-electron chi connectivity index (χ3n) is 2.56. The van der Waals surface area contributed by atoms with E-state index in [2.05, 4.69) is 43.6 Å². The van der Waals surface area contributed by atoms with Gasteiger partial charge in [0.25, 0.3) is 0 Å². The van der Waals surface area contributed by atoms with Crippen molar-refractivity contribution >= 4 is 0 Å². The van der Waals surface area contributed by atoms with E-state index in [4.69, 9.17) is 0 Å². The van der Waals surface area contributed by atoms with Crippen molar-refractivity contribution in [2.45, 2.75) is 26.3 Å². The first-order chi connectivity index (χ1) is 5.79. The topological polar surface area (TPSA) is 12.0 Å². The third-order valence-corrected chi connectivity index (χ3v) is 2.56. The smallest absolute Gasteiger partial charge is 0.0546 e. The molecule has 0 saturated carbocycles. The number of allylic oxidation sites excluding steroid dienone is 2. The summed E-state index contributed by atoms with van der Waals surface area (Å²) < 4.78 is 0. The molecule has 1 nitrogen and oxygen atoms in total. The largest absolute Gasteiger partial charge is 0.384 e. The van der Waals surface area contributed by atoms with Crippen molar-refractivity contribution in [3.8, 4) is 0 Å². The third kappa shape index (κ3) is 1.09. The Morgan fingerprint density at radius 1 is 1.42 bits per heavy atom. The van der Waals surface area contributed by atoms with E-state index in [0.29, 0.717) is 12.0 Å². The van der Waals surface area contributed by atoms with E-state index >= 15 is 0 Å². The molecule has 12 heavy (non-hydrogen) atoms. The molecule has 1 unspecified atom stereocenters. The van der Waals surface area contributed by atoms with E-state index in [9.17, 15) is 0 Å². The Hall–Kier alpha value is -0.980. The van der Waals surface area contributed by atoms with E-state index in [1.165, 1.54) is 11.1 Å². The van der Waals surface area contributed by atoms with Crippen molar-refractivity contribution in [3.05, 3.63) is 35.6 Å². The Morgan fingerprint density at radius 2 is 2.25 bits per heavy atom. The first-order valence-electron chi connectivity index (χ1n) is 4.62. The van der Waals surface area contributed by atoms with Crippen molar-refractivity contribution < 1.29 is 0 Å². The molecule has 0 spiro atoms. The van der Waals surface area contributed by atoms with E-state index in [-0.39, 0.29) is 0 Å². The first kappa shape index (κ1) is 7.66. The highest BCUT2D eigenvalue weighted by atomic mass is 14.9. The minimum Gasteiger partial charge on any atom is -0.384 e. The number of hydrogen-bond donors (Lipinski definition) is 1. The van der Waals surface area contributed by atoms with Gasteiger partial charge in [-0.05, 0) is 35.8 Å². The summed E-state index contributed by atoms with van der Waals surface area (Å²) in [5.74, 6) is 0.642. The van der Waals surface area contributed by atoms with Crippen molar-refractivity contribution in [1.29, 1.82) is 0 Å². The molecular weight excluding hydrogens is 146 g/mol. The maximum Gasteiger partial charge on any atom is 0.0546 e. The van der Waals surface area contributed by atoms with Crippen LogP contribution in [0.15, 0.2) is 35.6 Å². The van der Waals surface area contributed by atoms with Gasteiger partial charge in [0.1, 0.15) is 0 Å². The number of rotatable bonds is 1. The van der Waals surface area contributed by atoms with E-state index < -0.39 is 0 Å². The minimum absolute atomic E-state index is 0.562. The fraction of sp³-hybridized carbons (Fsp3) is 0.455. The summed E-state index contributed by atoms with van der Waals surface area (Å²) in [6.45, 7) is 4.50. The summed E-state index contributed by atoms with van der Waals surface area (Å²) in [6.07, 6.45) is 9.95. The fourth-order valence-electron chi connectivity index (χ4n) is 1.91. The molecule has 0 aromatic carbocycles. The van der Waals surface area contributed by atoms with Crippen LogP contribution < -0.4 is 5.32 Å². The Balaban J connectivity index is 2.38. The Kier molecular flexibility index (Phi) is 1.80. The van der Waals surface area contributed by atoms with Crippen LogP contribution in [0.4, 0.5) is 0 Å².